The van der Waals surface area contributed by atoms with Gasteiger partial charge in [-0.25, -0.2) is 4.99 Å². The zero-order valence-electron chi connectivity index (χ0n) is 25.2. The first-order valence-corrected chi connectivity index (χ1v) is 17.5. The van der Waals surface area contributed by atoms with Crippen molar-refractivity contribution in [2.75, 3.05) is 25.3 Å². The lowest BCUT2D eigenvalue weighted by Crippen LogP contribution is -2.32. The van der Waals surface area contributed by atoms with Crippen LogP contribution in [0.15, 0.2) is 17.1 Å². The highest BCUT2D eigenvalue weighted by Gasteiger charge is 2.31. The zero-order chi connectivity index (χ0) is 28.3. The van der Waals surface area contributed by atoms with E-state index < -0.39 is 8.60 Å². The minimum atomic E-state index is -1.84. The molecule has 1 fully saturated rings. The van der Waals surface area contributed by atoms with E-state index in [2.05, 4.69) is 17.3 Å². The highest BCUT2D eigenvalue weighted by Crippen LogP contribution is 2.38. The van der Waals surface area contributed by atoms with Gasteiger partial charge < -0.3 is 29.8 Å². The van der Waals surface area contributed by atoms with Crippen LogP contribution >= 0.6 is 8.60 Å². The Morgan fingerprint density at radius 3 is 2.05 bits per heavy atom. The highest BCUT2D eigenvalue weighted by molar-refractivity contribution is 7.40. The Morgan fingerprint density at radius 1 is 0.875 bits per heavy atom. The van der Waals surface area contributed by atoms with Crippen LogP contribution in [0, 0.1) is 0 Å². The van der Waals surface area contributed by atoms with E-state index >= 15 is 0 Å². The van der Waals surface area contributed by atoms with Gasteiger partial charge in [-0.3, -0.25) is 4.68 Å². The Hall–Kier alpha value is -1.18. The summed E-state index contributed by atoms with van der Waals surface area (Å²) in [6.07, 6.45) is 26.2. The summed E-state index contributed by atoms with van der Waals surface area (Å²) in [5.74, 6) is 0.542. The summed E-state index contributed by atoms with van der Waals surface area (Å²) >= 11 is 0. The Kier molecular flexibility index (Phi) is 17.2. The molecule has 2 aliphatic heterocycles. The summed E-state index contributed by atoms with van der Waals surface area (Å²) in [6.45, 7) is 3.66. The predicted molar refractivity (Wildman–Crippen MR) is 166 cm³/mol. The van der Waals surface area contributed by atoms with Crippen molar-refractivity contribution < 1.29 is 18.7 Å². The number of fused-ring (bicyclic) bond motifs is 1. The van der Waals surface area contributed by atoms with Gasteiger partial charge in [-0.2, -0.15) is 0 Å². The number of nitrogens with two attached hydrogens (primary N) is 1. The molecule has 3 atom stereocenters. The fraction of sp³-hybridized carbons (Fsp3) is 0.839. The SMILES string of the molecule is CCCCCCCCCCCCCCCCCCCCOP(O)OCC1CCC(c2ccc3n2NCN=C3N)O1. The molecule has 3 rings (SSSR count). The van der Waals surface area contributed by atoms with Crippen molar-refractivity contribution in [1.82, 2.24) is 4.68 Å². The van der Waals surface area contributed by atoms with Crippen molar-refractivity contribution >= 4 is 14.4 Å². The van der Waals surface area contributed by atoms with Crippen LogP contribution in [-0.2, 0) is 13.8 Å². The van der Waals surface area contributed by atoms with Crippen LogP contribution < -0.4 is 11.2 Å². The number of ether oxygens (including phenoxy) is 1. The number of aromatic nitrogens is 1. The molecule has 3 heterocycles. The van der Waals surface area contributed by atoms with Gasteiger partial charge in [0.15, 0.2) is 0 Å². The minimum Gasteiger partial charge on any atom is -0.382 e. The Morgan fingerprint density at radius 2 is 1.45 bits per heavy atom. The smallest absolute Gasteiger partial charge is 0.329 e. The summed E-state index contributed by atoms with van der Waals surface area (Å²) in [7, 11) is -1.84. The molecule has 230 valence electrons. The summed E-state index contributed by atoms with van der Waals surface area (Å²) in [5.41, 5.74) is 11.1. The van der Waals surface area contributed by atoms with Crippen LogP contribution in [0.3, 0.4) is 0 Å². The van der Waals surface area contributed by atoms with Crippen LogP contribution in [0.1, 0.15) is 153 Å². The Bertz CT molecular complexity index is 821. The largest absolute Gasteiger partial charge is 0.382 e. The minimum absolute atomic E-state index is 0.0219. The highest BCUT2D eigenvalue weighted by atomic mass is 31.2. The molecule has 1 aromatic rings. The van der Waals surface area contributed by atoms with Gasteiger partial charge in [0.1, 0.15) is 18.2 Å². The van der Waals surface area contributed by atoms with Gasteiger partial charge in [0.25, 0.3) is 0 Å². The molecule has 0 amide bonds. The molecule has 0 aromatic carbocycles. The summed E-state index contributed by atoms with van der Waals surface area (Å²) in [5, 5.41) is 0. The number of nitrogens with one attached hydrogen (secondary N) is 1. The zero-order valence-corrected chi connectivity index (χ0v) is 26.1. The predicted octanol–water partition coefficient (Wildman–Crippen LogP) is 8.22. The number of unbranched alkanes of at least 4 members (excludes halogenated alkanes) is 17. The standard InChI is InChI=1S/C31H57N4O4P/c1-2-3-4-5-6-7-8-9-10-11-12-13-14-15-16-17-18-19-24-37-40(36)38-25-27-20-23-30(39-27)28-21-22-29-31(32)33-26-34-35(28)29/h21-22,27,30,34,36H,2-20,23-26H2,1H3,(H2,32,33). The molecule has 0 spiro atoms. The van der Waals surface area contributed by atoms with Gasteiger partial charge in [-0.15, -0.1) is 0 Å². The monoisotopic (exact) mass is 580 g/mol. The molecule has 2 aliphatic rings. The first-order chi connectivity index (χ1) is 19.7. The lowest BCUT2D eigenvalue weighted by molar-refractivity contribution is 0.00995. The Labute approximate surface area is 244 Å². The maximum absolute atomic E-state index is 10.1. The molecule has 40 heavy (non-hydrogen) atoms. The molecule has 3 unspecified atom stereocenters. The van der Waals surface area contributed by atoms with Crippen LogP contribution in [0.2, 0.25) is 0 Å². The van der Waals surface area contributed by atoms with Gasteiger partial charge in [0, 0.05) is 0 Å². The molecule has 9 heteroatoms. The molecule has 0 saturated carbocycles. The van der Waals surface area contributed by atoms with Crippen molar-refractivity contribution in [2.24, 2.45) is 10.7 Å². The quantitative estimate of drug-likeness (QED) is 0.0841. The van der Waals surface area contributed by atoms with Gasteiger partial charge in [0.05, 0.1) is 31.1 Å². The maximum atomic E-state index is 10.1. The van der Waals surface area contributed by atoms with E-state index in [0.29, 0.717) is 25.7 Å². The van der Waals surface area contributed by atoms with Gasteiger partial charge in [-0.1, -0.05) is 116 Å². The molecule has 0 bridgehead atoms. The molecule has 0 radical (unpaired) electrons. The lowest BCUT2D eigenvalue weighted by Gasteiger charge is -2.21. The van der Waals surface area contributed by atoms with E-state index in [9.17, 15) is 4.89 Å². The second kappa shape index (κ2) is 20.7. The van der Waals surface area contributed by atoms with Crippen molar-refractivity contribution in [3.63, 3.8) is 0 Å². The van der Waals surface area contributed by atoms with Gasteiger partial charge in [-0.05, 0) is 31.4 Å². The van der Waals surface area contributed by atoms with E-state index in [1.165, 1.54) is 103 Å². The fourth-order valence-corrected chi connectivity index (χ4v) is 6.38. The third-order valence-electron chi connectivity index (χ3n) is 8.16. The normalized spacial score (nSPS) is 19.4. The number of rotatable bonds is 24. The molecule has 0 aliphatic carbocycles. The summed E-state index contributed by atoms with van der Waals surface area (Å²) < 4.78 is 19.2. The fourth-order valence-electron chi connectivity index (χ4n) is 5.73. The molecular formula is C31H57N4O4P. The molecule has 4 N–H and O–H groups in total. The molecule has 8 nitrogen and oxygen atoms in total. The first-order valence-electron chi connectivity index (χ1n) is 16.3. The van der Waals surface area contributed by atoms with E-state index in [4.69, 9.17) is 19.5 Å². The number of hydrogen-bond acceptors (Lipinski definition) is 7. The van der Waals surface area contributed by atoms with Crippen LogP contribution in [0.25, 0.3) is 0 Å². The number of aliphatic imine (C=N–C) groups is 1. The van der Waals surface area contributed by atoms with Crippen molar-refractivity contribution in [3.05, 3.63) is 23.5 Å². The second-order valence-electron chi connectivity index (χ2n) is 11.5. The van der Waals surface area contributed by atoms with Crippen LogP contribution in [0.5, 0.6) is 0 Å². The third-order valence-corrected chi connectivity index (χ3v) is 8.93. The van der Waals surface area contributed by atoms with E-state index in [-0.39, 0.29) is 12.2 Å². The average Bonchev–Trinajstić information content (AvgIpc) is 3.61. The number of nitrogens with zero attached hydrogens (tertiary/aromatic N) is 2. The lowest BCUT2D eigenvalue weighted by atomic mass is 10.0. The molecular weight excluding hydrogens is 523 g/mol. The van der Waals surface area contributed by atoms with Gasteiger partial charge >= 0.3 is 8.60 Å². The molecule has 1 aromatic heterocycles. The maximum Gasteiger partial charge on any atom is 0.329 e. The third kappa shape index (κ3) is 12.8. The second-order valence-corrected chi connectivity index (χ2v) is 12.5. The molecule has 1 saturated heterocycles. The topological polar surface area (TPSA) is 103 Å². The average molecular weight is 581 g/mol. The van der Waals surface area contributed by atoms with Crippen LogP contribution in [0.4, 0.5) is 0 Å². The van der Waals surface area contributed by atoms with Crippen molar-refractivity contribution in [1.29, 1.82) is 0 Å². The van der Waals surface area contributed by atoms with Crippen LogP contribution in [-0.4, -0.2) is 41.4 Å². The summed E-state index contributed by atoms with van der Waals surface area (Å²) in [4.78, 5) is 14.3. The number of amidine groups is 1. The Balaban J connectivity index is 1.06. The van der Waals surface area contributed by atoms with Crippen molar-refractivity contribution in [3.8, 4) is 0 Å². The van der Waals surface area contributed by atoms with E-state index in [0.717, 1.165) is 37.1 Å². The number of hydrogen-bond donors (Lipinski definition) is 3. The van der Waals surface area contributed by atoms with Crippen molar-refractivity contribution in [2.45, 2.75) is 148 Å². The first kappa shape index (κ1) is 33.3. The van der Waals surface area contributed by atoms with Gasteiger partial charge in [0.2, 0.25) is 0 Å². The van der Waals surface area contributed by atoms with E-state index in [1.54, 1.807) is 0 Å². The summed E-state index contributed by atoms with van der Waals surface area (Å²) in [6, 6.07) is 4.00. The van der Waals surface area contributed by atoms with E-state index in [1.807, 2.05) is 16.8 Å².